The number of hydrogen-bond acceptors (Lipinski definition) is 3. The van der Waals surface area contributed by atoms with Gasteiger partial charge in [0, 0.05) is 40.4 Å². The summed E-state index contributed by atoms with van der Waals surface area (Å²) in [5.41, 5.74) is 20.4. The molecule has 0 saturated heterocycles. The highest BCUT2D eigenvalue weighted by Gasteiger charge is 2.29. The minimum Gasteiger partial charge on any atom is -0.383 e. The Morgan fingerprint density at radius 1 is 0.604 bits per heavy atom. The highest BCUT2D eigenvalue weighted by Crippen LogP contribution is 2.45. The van der Waals surface area contributed by atoms with E-state index in [-0.39, 0.29) is 0 Å². The van der Waals surface area contributed by atoms with Crippen LogP contribution in [0.2, 0.25) is 0 Å². The standard InChI is InChI=1S/C46H38N4.C3H8/c1-34-26-31-42-44(33-48(43-25-15-14-24-41(34)43)39-29-27-37(28-30-39)36-18-8-3-9-19-36)50(40-22-12-5-13-23-40)46(47)45(42)49(38-20-10-4-11-21-38)32-35-16-6-2-7-17-35;1-3-2/h2-31H,1,32-33,47H2;3H2,1-2H3/b31-26-;. The predicted octanol–water partition coefficient (Wildman–Crippen LogP) is 12.9. The molecule has 0 spiro atoms. The summed E-state index contributed by atoms with van der Waals surface area (Å²) >= 11 is 0. The number of nitrogens with zero attached hydrogens (tertiary/aromatic N) is 3. The van der Waals surface area contributed by atoms with E-state index in [1.54, 1.807) is 0 Å². The Bertz CT molecular complexity index is 2290. The largest absolute Gasteiger partial charge is 0.383 e. The van der Waals surface area contributed by atoms with E-state index in [1.807, 2.05) is 6.07 Å². The number of fused-ring (bicyclic) bond motifs is 2. The molecule has 2 N–H and O–H groups in total. The molecule has 4 heteroatoms. The van der Waals surface area contributed by atoms with Crippen LogP contribution in [0.4, 0.5) is 28.6 Å². The number of para-hydroxylation sites is 3. The summed E-state index contributed by atoms with van der Waals surface area (Å²) in [6.45, 7) is 10.1. The quantitative estimate of drug-likeness (QED) is 0.181. The summed E-state index contributed by atoms with van der Waals surface area (Å²) in [4.78, 5) is 4.74. The lowest BCUT2D eigenvalue weighted by atomic mass is 10.0. The van der Waals surface area contributed by atoms with Gasteiger partial charge in [-0.1, -0.05) is 166 Å². The zero-order valence-corrected chi connectivity index (χ0v) is 30.6. The van der Waals surface area contributed by atoms with Crippen molar-refractivity contribution in [2.45, 2.75) is 33.4 Å². The highest BCUT2D eigenvalue weighted by atomic mass is 15.2. The Balaban J connectivity index is 0.00000140. The van der Waals surface area contributed by atoms with Gasteiger partial charge in [-0.05, 0) is 64.7 Å². The fourth-order valence-corrected chi connectivity index (χ4v) is 6.99. The van der Waals surface area contributed by atoms with Crippen molar-refractivity contribution in [3.63, 3.8) is 0 Å². The monoisotopic (exact) mass is 690 g/mol. The maximum atomic E-state index is 7.39. The van der Waals surface area contributed by atoms with Gasteiger partial charge >= 0.3 is 0 Å². The third kappa shape index (κ3) is 7.44. The summed E-state index contributed by atoms with van der Waals surface area (Å²) < 4.78 is 2.23. The first kappa shape index (κ1) is 34.9. The molecule has 0 bridgehead atoms. The van der Waals surface area contributed by atoms with E-state index in [0.717, 1.165) is 50.8 Å². The van der Waals surface area contributed by atoms with E-state index in [1.165, 1.54) is 23.1 Å². The minimum absolute atomic E-state index is 0.571. The molecule has 7 aromatic rings. The molecule has 0 aliphatic carbocycles. The molecule has 53 heavy (non-hydrogen) atoms. The van der Waals surface area contributed by atoms with Crippen LogP contribution in [-0.2, 0) is 13.1 Å². The van der Waals surface area contributed by atoms with Gasteiger partial charge < -0.3 is 15.5 Å². The number of rotatable bonds is 7. The van der Waals surface area contributed by atoms with Crippen LogP contribution in [0.25, 0.3) is 28.5 Å². The first-order valence-electron chi connectivity index (χ1n) is 18.4. The second kappa shape index (κ2) is 16.2. The van der Waals surface area contributed by atoms with E-state index >= 15 is 0 Å². The lowest BCUT2D eigenvalue weighted by Crippen LogP contribution is -2.20. The Kier molecular flexibility index (Phi) is 10.7. The van der Waals surface area contributed by atoms with E-state index in [4.69, 9.17) is 5.73 Å². The molecular formula is C49H46N4. The van der Waals surface area contributed by atoms with Crippen molar-refractivity contribution in [2.75, 3.05) is 15.5 Å². The van der Waals surface area contributed by atoms with Crippen LogP contribution in [0.3, 0.4) is 0 Å². The van der Waals surface area contributed by atoms with Gasteiger partial charge in [-0.2, -0.15) is 0 Å². The molecule has 0 unspecified atom stereocenters. The van der Waals surface area contributed by atoms with Gasteiger partial charge in [0.15, 0.2) is 0 Å². The van der Waals surface area contributed by atoms with Crippen molar-refractivity contribution in [3.8, 4) is 16.8 Å². The molecule has 0 radical (unpaired) electrons. The van der Waals surface area contributed by atoms with Crippen molar-refractivity contribution >= 4 is 40.2 Å². The van der Waals surface area contributed by atoms with E-state index in [0.29, 0.717) is 18.9 Å². The molecule has 4 nitrogen and oxygen atoms in total. The highest BCUT2D eigenvalue weighted by molar-refractivity contribution is 5.92. The van der Waals surface area contributed by atoms with Crippen LogP contribution in [0.15, 0.2) is 183 Å². The van der Waals surface area contributed by atoms with Gasteiger partial charge in [-0.15, -0.1) is 0 Å². The fraction of sp³-hybridized carbons (Fsp3) is 0.102. The number of nitrogens with two attached hydrogens (primary N) is 1. The molecule has 1 aliphatic rings. The minimum atomic E-state index is 0.571. The van der Waals surface area contributed by atoms with Gasteiger partial charge in [0.2, 0.25) is 0 Å². The first-order chi connectivity index (χ1) is 26.1. The summed E-state index contributed by atoms with van der Waals surface area (Å²) in [5, 5.41) is 0. The van der Waals surface area contributed by atoms with Gasteiger partial charge in [-0.25, -0.2) is 0 Å². The molecule has 6 aromatic carbocycles. The summed E-state index contributed by atoms with van der Waals surface area (Å²) in [5.74, 6) is 0.685. The maximum Gasteiger partial charge on any atom is 0.133 e. The Morgan fingerprint density at radius 3 is 1.81 bits per heavy atom. The molecule has 1 aliphatic heterocycles. The molecule has 0 amide bonds. The lowest BCUT2D eigenvalue weighted by Gasteiger charge is -2.28. The topological polar surface area (TPSA) is 37.4 Å². The van der Waals surface area contributed by atoms with E-state index in [2.05, 4.69) is 211 Å². The van der Waals surface area contributed by atoms with Crippen molar-refractivity contribution < 1.29 is 0 Å². The van der Waals surface area contributed by atoms with Crippen LogP contribution < -0.4 is 15.5 Å². The molecule has 0 saturated carbocycles. The molecule has 8 rings (SSSR count). The number of aromatic nitrogens is 1. The number of benzene rings is 6. The SMILES string of the molecule is C=C1/C=C\c2c(N(Cc3ccccc3)c3ccccc3)c(N)n(-c3ccccc3)c2CN(c2ccc(-c3ccccc3)cc2)c2ccccc21.CCC. The Morgan fingerprint density at radius 2 is 1.15 bits per heavy atom. The van der Waals surface area contributed by atoms with Crippen molar-refractivity contribution in [2.24, 2.45) is 0 Å². The molecule has 1 aromatic heterocycles. The second-order valence-corrected chi connectivity index (χ2v) is 13.3. The summed E-state index contributed by atoms with van der Waals surface area (Å²) in [6.07, 6.45) is 5.60. The molecule has 2 heterocycles. The number of anilines is 5. The van der Waals surface area contributed by atoms with Crippen LogP contribution in [0, 0.1) is 0 Å². The van der Waals surface area contributed by atoms with Crippen LogP contribution in [-0.4, -0.2) is 4.57 Å². The van der Waals surface area contributed by atoms with E-state index in [9.17, 15) is 0 Å². The number of nitrogen functional groups attached to an aromatic ring is 1. The average molecular weight is 691 g/mol. The van der Waals surface area contributed by atoms with Crippen LogP contribution >= 0.6 is 0 Å². The Labute approximate surface area is 314 Å². The molecule has 262 valence electrons. The summed E-state index contributed by atoms with van der Waals surface area (Å²) in [7, 11) is 0. The molecule has 0 fully saturated rings. The van der Waals surface area contributed by atoms with Gasteiger partial charge in [0.05, 0.1) is 17.9 Å². The summed E-state index contributed by atoms with van der Waals surface area (Å²) in [6, 6.07) is 59.5. The van der Waals surface area contributed by atoms with Crippen molar-refractivity contribution in [1.29, 1.82) is 0 Å². The smallest absolute Gasteiger partial charge is 0.133 e. The molecular weight excluding hydrogens is 645 g/mol. The van der Waals surface area contributed by atoms with Crippen LogP contribution in [0.1, 0.15) is 42.7 Å². The maximum absolute atomic E-state index is 7.39. The number of hydrogen-bond donors (Lipinski definition) is 1. The third-order valence-corrected chi connectivity index (χ3v) is 9.44. The average Bonchev–Trinajstić information content (AvgIpc) is 3.51. The predicted molar refractivity (Wildman–Crippen MR) is 227 cm³/mol. The second-order valence-electron chi connectivity index (χ2n) is 13.3. The fourth-order valence-electron chi connectivity index (χ4n) is 6.99. The van der Waals surface area contributed by atoms with Gasteiger partial charge in [-0.3, -0.25) is 4.57 Å². The zero-order valence-electron chi connectivity index (χ0n) is 30.6. The lowest BCUT2D eigenvalue weighted by molar-refractivity contribution is 0.878. The number of allylic oxidation sites excluding steroid dienone is 2. The van der Waals surface area contributed by atoms with Gasteiger partial charge in [0.25, 0.3) is 0 Å². The molecule has 0 atom stereocenters. The van der Waals surface area contributed by atoms with E-state index < -0.39 is 0 Å². The van der Waals surface area contributed by atoms with Gasteiger partial charge in [0.1, 0.15) is 5.82 Å². The zero-order chi connectivity index (χ0) is 36.6. The Hall–Kier alpha value is -6.52. The normalized spacial score (nSPS) is 12.6. The first-order valence-corrected chi connectivity index (χ1v) is 18.4. The van der Waals surface area contributed by atoms with Crippen LogP contribution in [0.5, 0.6) is 0 Å². The van der Waals surface area contributed by atoms with Crippen molar-refractivity contribution in [1.82, 2.24) is 4.57 Å². The van der Waals surface area contributed by atoms with Crippen molar-refractivity contribution in [3.05, 3.63) is 205 Å². The third-order valence-electron chi connectivity index (χ3n) is 9.44.